The van der Waals surface area contributed by atoms with Gasteiger partial charge in [0.25, 0.3) is 5.72 Å². The largest absolute Gasteiger partial charge is 0.437 e. The van der Waals surface area contributed by atoms with E-state index in [1.807, 2.05) is 5.32 Å². The van der Waals surface area contributed by atoms with Gasteiger partial charge in [0.1, 0.15) is 5.92 Å². The summed E-state index contributed by atoms with van der Waals surface area (Å²) in [6.45, 7) is 0. The zero-order valence-electron chi connectivity index (χ0n) is 15.1. The second-order valence-electron chi connectivity index (χ2n) is 6.61. The van der Waals surface area contributed by atoms with Crippen molar-refractivity contribution >= 4 is 23.2 Å². The molecule has 2 amide bonds. The molecule has 0 spiro atoms. The number of alkyl halides is 6. The lowest BCUT2D eigenvalue weighted by atomic mass is 9.76. The number of hydrogen-bond donors (Lipinski definition) is 2. The Hall–Kier alpha value is -2.60. The molecule has 1 aromatic heterocycles. The van der Waals surface area contributed by atoms with Crippen LogP contribution in [0, 0.1) is 5.92 Å². The average molecular weight is 452 g/mol. The molecule has 162 valence electrons. The number of amides is 2. The standard InChI is InChI=1S/C18H14F6N2O3S/c1-26-15(28)25-13(9-5-2-3-6-10(9)17(19,20)21)12(16(26,29)18(22,23)24)14(27)11-7-4-8-30-11/h2-8,12-13,29H,1H3,(H,25,28)/t12-,13-,16+/m1/s1. The number of benzene rings is 1. The van der Waals surface area contributed by atoms with Crippen LogP contribution in [0.5, 0.6) is 0 Å². The third kappa shape index (κ3) is 3.43. The molecule has 3 rings (SSSR count). The highest BCUT2D eigenvalue weighted by Gasteiger charge is 2.69. The molecular weight excluding hydrogens is 438 g/mol. The van der Waals surface area contributed by atoms with Crippen molar-refractivity contribution in [2.45, 2.75) is 24.1 Å². The molecule has 1 fully saturated rings. The number of halogens is 6. The molecule has 0 unspecified atom stereocenters. The Morgan fingerprint density at radius 2 is 1.77 bits per heavy atom. The van der Waals surface area contributed by atoms with E-state index in [-0.39, 0.29) is 9.78 Å². The molecule has 0 bridgehead atoms. The van der Waals surface area contributed by atoms with Crippen LogP contribution in [0.25, 0.3) is 0 Å². The summed E-state index contributed by atoms with van der Waals surface area (Å²) in [7, 11) is 0.614. The van der Waals surface area contributed by atoms with Crippen LogP contribution in [-0.2, 0) is 6.18 Å². The first kappa shape index (κ1) is 22.1. The topological polar surface area (TPSA) is 69.6 Å². The van der Waals surface area contributed by atoms with E-state index in [1.54, 1.807) is 0 Å². The third-order valence-electron chi connectivity index (χ3n) is 4.93. The van der Waals surface area contributed by atoms with E-state index in [1.165, 1.54) is 17.5 Å². The lowest BCUT2D eigenvalue weighted by molar-refractivity contribution is -0.322. The first-order valence-corrected chi connectivity index (χ1v) is 9.25. The maximum atomic E-state index is 14.0. The fraction of sp³-hybridized carbons (Fsp3) is 0.333. The smallest absolute Gasteiger partial charge is 0.363 e. The number of ketones is 1. The van der Waals surface area contributed by atoms with Crippen LogP contribution < -0.4 is 5.32 Å². The fourth-order valence-electron chi connectivity index (χ4n) is 3.47. The summed E-state index contributed by atoms with van der Waals surface area (Å²) >= 11 is 0.764. The molecule has 0 saturated carbocycles. The Labute approximate surface area is 169 Å². The molecule has 1 aliphatic heterocycles. The minimum Gasteiger partial charge on any atom is -0.363 e. The van der Waals surface area contributed by atoms with Crippen molar-refractivity contribution < 1.29 is 41.0 Å². The zero-order valence-corrected chi connectivity index (χ0v) is 15.9. The molecule has 1 aliphatic rings. The highest BCUT2D eigenvalue weighted by molar-refractivity contribution is 7.12. The van der Waals surface area contributed by atoms with Gasteiger partial charge in [0.2, 0.25) is 0 Å². The van der Waals surface area contributed by atoms with Crippen molar-refractivity contribution in [1.29, 1.82) is 0 Å². The third-order valence-corrected chi connectivity index (χ3v) is 5.81. The molecule has 0 aliphatic carbocycles. The first-order valence-electron chi connectivity index (χ1n) is 8.37. The number of thiophene rings is 1. The van der Waals surface area contributed by atoms with E-state index in [2.05, 4.69) is 0 Å². The zero-order chi connectivity index (χ0) is 22.5. The summed E-state index contributed by atoms with van der Waals surface area (Å²) in [5, 5.41) is 14.1. The van der Waals surface area contributed by atoms with E-state index in [0.29, 0.717) is 13.1 Å². The second kappa shape index (κ2) is 7.27. The van der Waals surface area contributed by atoms with Crippen LogP contribution in [0.2, 0.25) is 0 Å². The van der Waals surface area contributed by atoms with Crippen LogP contribution in [0.4, 0.5) is 31.1 Å². The Balaban J connectivity index is 2.28. The SMILES string of the molecule is CN1C(=O)N[C@H](c2ccccc2C(F)(F)F)[C@H](C(=O)c2cccs2)[C@]1(O)C(F)(F)F. The monoisotopic (exact) mass is 452 g/mol. The number of carbonyl (C=O) groups is 2. The van der Waals surface area contributed by atoms with E-state index < -0.39 is 53.0 Å². The van der Waals surface area contributed by atoms with Gasteiger partial charge >= 0.3 is 18.4 Å². The van der Waals surface area contributed by atoms with Gasteiger partial charge in [-0.1, -0.05) is 24.3 Å². The number of Topliss-reactive ketones (excluding diaryl/α,β-unsaturated/α-hetero) is 1. The summed E-state index contributed by atoms with van der Waals surface area (Å²) in [4.78, 5) is 24.9. The highest BCUT2D eigenvalue weighted by atomic mass is 32.1. The predicted octanol–water partition coefficient (Wildman–Crippen LogP) is 4.21. The molecule has 1 saturated heterocycles. The number of nitrogens with one attached hydrogen (secondary N) is 1. The summed E-state index contributed by atoms with van der Waals surface area (Å²) in [5.74, 6) is -3.75. The molecule has 2 aromatic rings. The number of carbonyl (C=O) groups excluding carboxylic acids is 2. The van der Waals surface area contributed by atoms with Crippen molar-refractivity contribution in [3.8, 4) is 0 Å². The Morgan fingerprint density at radius 3 is 2.30 bits per heavy atom. The summed E-state index contributed by atoms with van der Waals surface area (Å²) in [6.07, 6.45) is -10.5. The molecule has 30 heavy (non-hydrogen) atoms. The van der Waals surface area contributed by atoms with Crippen molar-refractivity contribution in [2.75, 3.05) is 7.05 Å². The average Bonchev–Trinajstić information content (AvgIpc) is 3.18. The van der Waals surface area contributed by atoms with Gasteiger partial charge in [0.05, 0.1) is 16.5 Å². The second-order valence-corrected chi connectivity index (χ2v) is 7.56. The van der Waals surface area contributed by atoms with Crippen LogP contribution in [0.15, 0.2) is 41.8 Å². The fourth-order valence-corrected chi connectivity index (χ4v) is 4.17. The van der Waals surface area contributed by atoms with Crippen LogP contribution in [0.3, 0.4) is 0 Å². The molecule has 3 atom stereocenters. The lowest BCUT2D eigenvalue weighted by Gasteiger charge is -2.50. The van der Waals surface area contributed by atoms with E-state index in [9.17, 15) is 41.0 Å². The molecule has 2 heterocycles. The van der Waals surface area contributed by atoms with Crippen molar-refractivity contribution in [1.82, 2.24) is 10.2 Å². The van der Waals surface area contributed by atoms with Gasteiger partial charge in [-0.3, -0.25) is 9.69 Å². The Kier molecular flexibility index (Phi) is 5.35. The lowest BCUT2D eigenvalue weighted by Crippen LogP contribution is -2.73. The van der Waals surface area contributed by atoms with E-state index >= 15 is 0 Å². The van der Waals surface area contributed by atoms with Gasteiger partial charge < -0.3 is 10.4 Å². The minimum atomic E-state index is -5.54. The predicted molar refractivity (Wildman–Crippen MR) is 93.6 cm³/mol. The quantitative estimate of drug-likeness (QED) is 0.542. The van der Waals surface area contributed by atoms with Gasteiger partial charge in [0, 0.05) is 7.05 Å². The van der Waals surface area contributed by atoms with Gasteiger partial charge in [-0.25, -0.2) is 4.79 Å². The first-order chi connectivity index (χ1) is 13.8. The normalized spacial score (nSPS) is 25.2. The molecule has 1 aromatic carbocycles. The number of hydrogen-bond acceptors (Lipinski definition) is 4. The van der Waals surface area contributed by atoms with Gasteiger partial charge in [-0.15, -0.1) is 11.3 Å². The molecule has 0 radical (unpaired) electrons. The van der Waals surface area contributed by atoms with E-state index in [4.69, 9.17) is 0 Å². The molecule has 5 nitrogen and oxygen atoms in total. The Morgan fingerprint density at radius 1 is 1.13 bits per heavy atom. The van der Waals surface area contributed by atoms with Crippen molar-refractivity contribution in [2.24, 2.45) is 5.92 Å². The van der Waals surface area contributed by atoms with Crippen molar-refractivity contribution in [3.05, 3.63) is 57.8 Å². The number of aliphatic hydroxyl groups is 1. The summed E-state index contributed by atoms with van der Waals surface area (Å²) in [5.41, 5.74) is -6.13. The van der Waals surface area contributed by atoms with E-state index in [0.717, 1.165) is 29.5 Å². The molecule has 2 N–H and O–H groups in total. The van der Waals surface area contributed by atoms with Crippen LogP contribution in [0.1, 0.15) is 26.8 Å². The van der Waals surface area contributed by atoms with Crippen LogP contribution in [-0.4, -0.2) is 40.8 Å². The molecular formula is C18H14F6N2O3S. The van der Waals surface area contributed by atoms with Crippen LogP contribution >= 0.6 is 11.3 Å². The highest BCUT2D eigenvalue weighted by Crippen LogP contribution is 2.49. The maximum absolute atomic E-state index is 14.0. The summed E-state index contributed by atoms with van der Waals surface area (Å²) < 4.78 is 82.5. The van der Waals surface area contributed by atoms with Gasteiger partial charge in [0.15, 0.2) is 5.78 Å². The Bertz CT molecular complexity index is 960. The number of rotatable bonds is 3. The summed E-state index contributed by atoms with van der Waals surface area (Å²) in [6, 6.07) is 2.63. The molecule has 12 heteroatoms. The van der Waals surface area contributed by atoms with Gasteiger partial charge in [-0.2, -0.15) is 26.3 Å². The van der Waals surface area contributed by atoms with Gasteiger partial charge in [-0.05, 0) is 23.1 Å². The van der Waals surface area contributed by atoms with Crippen molar-refractivity contribution in [3.63, 3.8) is 0 Å². The maximum Gasteiger partial charge on any atom is 0.437 e. The minimum absolute atomic E-state index is 0.115. The number of nitrogens with zero attached hydrogens (tertiary/aromatic N) is 1. The number of urea groups is 1.